The fourth-order valence-electron chi connectivity index (χ4n) is 2.60. The topological polar surface area (TPSA) is 39.1 Å². The Balaban J connectivity index is 2.09. The zero-order valence-electron chi connectivity index (χ0n) is 11.1. The lowest BCUT2D eigenvalue weighted by Crippen LogP contribution is -2.23. The first-order valence-electron chi connectivity index (χ1n) is 6.51. The van der Waals surface area contributed by atoms with Gasteiger partial charge in [0.05, 0.1) is 12.3 Å². The first kappa shape index (κ1) is 12.4. The van der Waals surface area contributed by atoms with Gasteiger partial charge < -0.3 is 14.6 Å². The van der Waals surface area contributed by atoms with Gasteiger partial charge in [-0.3, -0.25) is 0 Å². The number of aromatic nitrogens is 2. The molecule has 1 saturated carbocycles. The molecular weight excluding hydrogens is 214 g/mol. The minimum absolute atomic E-state index is 0.293. The van der Waals surface area contributed by atoms with Gasteiger partial charge in [0.25, 0.3) is 0 Å². The van der Waals surface area contributed by atoms with Gasteiger partial charge in [-0.1, -0.05) is 12.8 Å². The Morgan fingerprint density at radius 2 is 2.24 bits per heavy atom. The maximum Gasteiger partial charge on any atom is 0.203 e. The predicted molar refractivity (Wildman–Crippen MR) is 69.4 cm³/mol. The van der Waals surface area contributed by atoms with E-state index in [0.29, 0.717) is 18.7 Å². The smallest absolute Gasteiger partial charge is 0.203 e. The van der Waals surface area contributed by atoms with E-state index < -0.39 is 0 Å². The SMILES string of the molecule is COCC(C)Nc1nc(C)cn1C1CCCC1. The molecule has 0 aliphatic heterocycles. The normalized spacial score (nSPS) is 18.5. The molecule has 96 valence electrons. The molecule has 1 aromatic rings. The van der Waals surface area contributed by atoms with Crippen LogP contribution >= 0.6 is 0 Å². The molecule has 4 nitrogen and oxygen atoms in total. The molecular formula is C13H23N3O. The molecule has 1 aliphatic rings. The third-order valence-corrected chi connectivity index (χ3v) is 3.36. The van der Waals surface area contributed by atoms with Crippen LogP contribution in [0, 0.1) is 6.92 Å². The van der Waals surface area contributed by atoms with Crippen molar-refractivity contribution in [2.24, 2.45) is 0 Å². The molecule has 1 atom stereocenters. The molecule has 0 spiro atoms. The second-order valence-corrected chi connectivity index (χ2v) is 5.05. The molecule has 2 rings (SSSR count). The van der Waals surface area contributed by atoms with Gasteiger partial charge in [-0.15, -0.1) is 0 Å². The molecule has 17 heavy (non-hydrogen) atoms. The largest absolute Gasteiger partial charge is 0.383 e. The monoisotopic (exact) mass is 237 g/mol. The number of rotatable bonds is 5. The second kappa shape index (κ2) is 5.54. The number of anilines is 1. The van der Waals surface area contributed by atoms with Crippen LogP contribution in [0.25, 0.3) is 0 Å². The van der Waals surface area contributed by atoms with E-state index in [2.05, 4.69) is 34.9 Å². The van der Waals surface area contributed by atoms with Gasteiger partial charge >= 0.3 is 0 Å². The highest BCUT2D eigenvalue weighted by molar-refractivity contribution is 5.31. The number of aryl methyl sites for hydroxylation is 1. The quantitative estimate of drug-likeness (QED) is 0.856. The predicted octanol–water partition coefficient (Wildman–Crippen LogP) is 2.75. The van der Waals surface area contributed by atoms with Crippen LogP contribution in [0.5, 0.6) is 0 Å². The van der Waals surface area contributed by atoms with E-state index in [-0.39, 0.29) is 0 Å². The van der Waals surface area contributed by atoms with Crippen molar-refractivity contribution in [2.75, 3.05) is 19.0 Å². The molecule has 0 amide bonds. The van der Waals surface area contributed by atoms with Gasteiger partial charge in [-0.25, -0.2) is 4.98 Å². The number of nitrogens with zero attached hydrogens (tertiary/aromatic N) is 2. The number of hydrogen-bond donors (Lipinski definition) is 1. The average Bonchev–Trinajstić information content (AvgIpc) is 2.87. The van der Waals surface area contributed by atoms with E-state index in [1.165, 1.54) is 25.7 Å². The molecule has 1 unspecified atom stereocenters. The maximum absolute atomic E-state index is 5.15. The summed E-state index contributed by atoms with van der Waals surface area (Å²) in [6.07, 6.45) is 7.41. The van der Waals surface area contributed by atoms with Crippen molar-refractivity contribution in [2.45, 2.75) is 51.6 Å². The third-order valence-electron chi connectivity index (χ3n) is 3.36. The molecule has 1 aliphatic carbocycles. The van der Waals surface area contributed by atoms with Crippen LogP contribution in [0.1, 0.15) is 44.3 Å². The summed E-state index contributed by atoms with van der Waals surface area (Å²) in [5.41, 5.74) is 1.09. The van der Waals surface area contributed by atoms with Crippen molar-refractivity contribution < 1.29 is 4.74 Å². The first-order valence-corrected chi connectivity index (χ1v) is 6.51. The number of imidazole rings is 1. The highest BCUT2D eigenvalue weighted by Crippen LogP contribution is 2.32. The molecule has 4 heteroatoms. The average molecular weight is 237 g/mol. The Kier molecular flexibility index (Phi) is 4.05. The number of nitrogens with one attached hydrogen (secondary N) is 1. The van der Waals surface area contributed by atoms with Gasteiger partial charge in [0, 0.05) is 25.4 Å². The number of hydrogen-bond acceptors (Lipinski definition) is 3. The molecule has 0 radical (unpaired) electrons. The Hall–Kier alpha value is -1.03. The highest BCUT2D eigenvalue weighted by atomic mass is 16.5. The van der Waals surface area contributed by atoms with Crippen molar-refractivity contribution in [3.8, 4) is 0 Å². The summed E-state index contributed by atoms with van der Waals surface area (Å²) in [6, 6.07) is 0.926. The molecule has 1 N–H and O–H groups in total. The van der Waals surface area contributed by atoms with Crippen LogP contribution in [0.2, 0.25) is 0 Å². The van der Waals surface area contributed by atoms with Crippen molar-refractivity contribution in [3.63, 3.8) is 0 Å². The van der Waals surface area contributed by atoms with E-state index in [0.717, 1.165) is 11.6 Å². The summed E-state index contributed by atoms with van der Waals surface area (Å²) in [5.74, 6) is 0.999. The maximum atomic E-state index is 5.15. The Morgan fingerprint density at radius 1 is 1.53 bits per heavy atom. The Morgan fingerprint density at radius 3 is 2.88 bits per heavy atom. The minimum Gasteiger partial charge on any atom is -0.383 e. The van der Waals surface area contributed by atoms with E-state index in [9.17, 15) is 0 Å². The lowest BCUT2D eigenvalue weighted by Gasteiger charge is -2.18. The van der Waals surface area contributed by atoms with Crippen LogP contribution in [0.4, 0.5) is 5.95 Å². The van der Waals surface area contributed by atoms with Crippen molar-refractivity contribution in [3.05, 3.63) is 11.9 Å². The zero-order chi connectivity index (χ0) is 12.3. The zero-order valence-corrected chi connectivity index (χ0v) is 11.1. The molecule has 1 aromatic heterocycles. The van der Waals surface area contributed by atoms with Gasteiger partial charge in [0.1, 0.15) is 0 Å². The summed E-state index contributed by atoms with van der Waals surface area (Å²) >= 11 is 0. The third kappa shape index (κ3) is 3.00. The summed E-state index contributed by atoms with van der Waals surface area (Å²) in [7, 11) is 1.73. The number of methoxy groups -OCH3 is 1. The van der Waals surface area contributed by atoms with Gasteiger partial charge in [-0.2, -0.15) is 0 Å². The van der Waals surface area contributed by atoms with Crippen LogP contribution in [0.15, 0.2) is 6.20 Å². The standard InChI is InChI=1S/C13H23N3O/c1-10-8-16(12-6-4-5-7-12)13(14-10)15-11(2)9-17-3/h8,11-12H,4-7,9H2,1-3H3,(H,14,15). The Bertz CT molecular complexity index is 356. The first-order chi connectivity index (χ1) is 8.20. The summed E-state index contributed by atoms with van der Waals surface area (Å²) in [6.45, 7) is 4.88. The molecule has 1 fully saturated rings. The van der Waals surface area contributed by atoms with E-state index in [4.69, 9.17) is 4.74 Å². The van der Waals surface area contributed by atoms with Crippen molar-refractivity contribution >= 4 is 5.95 Å². The number of ether oxygens (including phenoxy) is 1. The summed E-state index contributed by atoms with van der Waals surface area (Å²) in [5, 5.41) is 3.44. The summed E-state index contributed by atoms with van der Waals surface area (Å²) in [4.78, 5) is 4.57. The van der Waals surface area contributed by atoms with E-state index in [1.54, 1.807) is 7.11 Å². The lowest BCUT2D eigenvalue weighted by atomic mass is 10.2. The Labute approximate surface area is 103 Å². The van der Waals surface area contributed by atoms with Gasteiger partial charge in [0.2, 0.25) is 5.95 Å². The van der Waals surface area contributed by atoms with E-state index in [1.807, 2.05) is 0 Å². The van der Waals surface area contributed by atoms with Crippen molar-refractivity contribution in [1.82, 2.24) is 9.55 Å². The minimum atomic E-state index is 0.293. The molecule has 0 bridgehead atoms. The fourth-order valence-corrected chi connectivity index (χ4v) is 2.60. The summed E-state index contributed by atoms with van der Waals surface area (Å²) < 4.78 is 7.46. The molecule has 0 aromatic carbocycles. The van der Waals surface area contributed by atoms with Crippen LogP contribution < -0.4 is 5.32 Å². The van der Waals surface area contributed by atoms with Crippen molar-refractivity contribution in [1.29, 1.82) is 0 Å². The van der Waals surface area contributed by atoms with Gasteiger partial charge in [-0.05, 0) is 26.7 Å². The lowest BCUT2D eigenvalue weighted by molar-refractivity contribution is 0.190. The van der Waals surface area contributed by atoms with E-state index >= 15 is 0 Å². The van der Waals surface area contributed by atoms with Crippen LogP contribution in [0.3, 0.4) is 0 Å². The van der Waals surface area contributed by atoms with Gasteiger partial charge in [0.15, 0.2) is 0 Å². The highest BCUT2D eigenvalue weighted by Gasteiger charge is 2.20. The second-order valence-electron chi connectivity index (χ2n) is 5.05. The fraction of sp³-hybridized carbons (Fsp3) is 0.769. The molecule has 1 heterocycles. The molecule has 0 saturated heterocycles. The van der Waals surface area contributed by atoms with Crippen LogP contribution in [-0.2, 0) is 4.74 Å². The van der Waals surface area contributed by atoms with Crippen LogP contribution in [-0.4, -0.2) is 29.3 Å².